The first-order valence-corrected chi connectivity index (χ1v) is 4.71. The molecule has 0 amide bonds. The van der Waals surface area contributed by atoms with Crippen LogP contribution in [0.15, 0.2) is 42.5 Å². The van der Waals surface area contributed by atoms with Crippen molar-refractivity contribution in [2.24, 2.45) is 0 Å². The molecule has 0 saturated carbocycles. The highest BCUT2D eigenvalue weighted by Crippen LogP contribution is 2.09. The van der Waals surface area contributed by atoms with Crippen LogP contribution in [0.25, 0.3) is 0 Å². The van der Waals surface area contributed by atoms with E-state index in [1.807, 2.05) is 30.3 Å². The predicted molar refractivity (Wildman–Crippen MR) is 57.0 cm³/mol. The van der Waals surface area contributed by atoms with Crippen LogP contribution in [-0.2, 0) is 6.42 Å². The minimum atomic E-state index is -0.922. The molecular weight excluding hydrogens is 190 g/mol. The zero-order valence-corrected chi connectivity index (χ0v) is 8.10. The van der Waals surface area contributed by atoms with Gasteiger partial charge in [0.1, 0.15) is 5.69 Å². The van der Waals surface area contributed by atoms with Crippen LogP contribution >= 0.6 is 0 Å². The number of aromatic nitrogens is 1. The van der Waals surface area contributed by atoms with Gasteiger partial charge in [0.15, 0.2) is 0 Å². The maximum absolute atomic E-state index is 10.6. The number of aromatic amines is 1. The van der Waals surface area contributed by atoms with Crippen molar-refractivity contribution in [2.75, 3.05) is 0 Å². The average molecular weight is 201 g/mol. The third-order valence-electron chi connectivity index (χ3n) is 2.21. The molecule has 76 valence electrons. The molecule has 0 bridgehead atoms. The molecular formula is C12H11NO2. The Morgan fingerprint density at radius 1 is 1.13 bits per heavy atom. The Hall–Kier alpha value is -2.03. The first-order chi connectivity index (χ1) is 7.25. The van der Waals surface area contributed by atoms with Crippen molar-refractivity contribution in [3.05, 3.63) is 59.4 Å². The Morgan fingerprint density at radius 2 is 1.87 bits per heavy atom. The number of hydrogen-bond acceptors (Lipinski definition) is 1. The van der Waals surface area contributed by atoms with E-state index in [2.05, 4.69) is 4.98 Å². The van der Waals surface area contributed by atoms with Gasteiger partial charge < -0.3 is 10.1 Å². The Bertz CT molecular complexity index is 459. The highest BCUT2D eigenvalue weighted by atomic mass is 16.4. The van der Waals surface area contributed by atoms with Crippen LogP contribution in [0, 0.1) is 0 Å². The summed E-state index contributed by atoms with van der Waals surface area (Å²) in [7, 11) is 0. The summed E-state index contributed by atoms with van der Waals surface area (Å²) < 4.78 is 0. The summed E-state index contributed by atoms with van der Waals surface area (Å²) in [6.45, 7) is 0. The molecule has 1 aromatic carbocycles. The van der Waals surface area contributed by atoms with Crippen molar-refractivity contribution in [1.29, 1.82) is 0 Å². The van der Waals surface area contributed by atoms with Crippen LogP contribution in [-0.4, -0.2) is 16.1 Å². The third-order valence-corrected chi connectivity index (χ3v) is 2.21. The molecule has 2 rings (SSSR count). The summed E-state index contributed by atoms with van der Waals surface area (Å²) in [4.78, 5) is 13.5. The fourth-order valence-electron chi connectivity index (χ4n) is 1.48. The number of carboxylic acids is 1. The van der Waals surface area contributed by atoms with Gasteiger partial charge in [0.05, 0.1) is 0 Å². The van der Waals surface area contributed by atoms with Crippen LogP contribution in [0.2, 0.25) is 0 Å². The molecule has 0 fully saturated rings. The van der Waals surface area contributed by atoms with Gasteiger partial charge in [0.25, 0.3) is 0 Å². The molecule has 2 aromatic rings. The second-order valence-corrected chi connectivity index (χ2v) is 3.36. The van der Waals surface area contributed by atoms with E-state index in [1.54, 1.807) is 12.1 Å². The smallest absolute Gasteiger partial charge is 0.352 e. The fraction of sp³-hybridized carbons (Fsp3) is 0.0833. The normalized spacial score (nSPS) is 10.1. The van der Waals surface area contributed by atoms with Gasteiger partial charge in [-0.2, -0.15) is 0 Å². The molecule has 0 spiro atoms. The Morgan fingerprint density at radius 3 is 2.47 bits per heavy atom. The summed E-state index contributed by atoms with van der Waals surface area (Å²) in [6, 6.07) is 13.3. The molecule has 1 heterocycles. The van der Waals surface area contributed by atoms with Gasteiger partial charge in [0.2, 0.25) is 0 Å². The minimum absolute atomic E-state index is 0.237. The number of benzene rings is 1. The Balaban J connectivity index is 2.15. The molecule has 3 heteroatoms. The SMILES string of the molecule is O=C(O)c1ccc(Cc2ccccc2)[nH]1. The number of carbonyl (C=O) groups is 1. The molecule has 3 nitrogen and oxygen atoms in total. The van der Waals surface area contributed by atoms with Gasteiger partial charge in [-0.15, -0.1) is 0 Å². The maximum atomic E-state index is 10.6. The lowest BCUT2D eigenvalue weighted by Crippen LogP contribution is -1.97. The summed E-state index contributed by atoms with van der Waals surface area (Å²) in [5.74, 6) is -0.922. The average Bonchev–Trinajstić information content (AvgIpc) is 2.68. The zero-order valence-electron chi connectivity index (χ0n) is 8.10. The number of nitrogens with one attached hydrogen (secondary N) is 1. The third kappa shape index (κ3) is 2.26. The number of H-pyrrole nitrogens is 1. The van der Waals surface area contributed by atoms with E-state index in [9.17, 15) is 4.79 Å². The van der Waals surface area contributed by atoms with Crippen molar-refractivity contribution < 1.29 is 9.90 Å². The lowest BCUT2D eigenvalue weighted by Gasteiger charge is -1.97. The molecule has 1 aromatic heterocycles. The summed E-state index contributed by atoms with van der Waals surface area (Å²) >= 11 is 0. The molecule has 0 radical (unpaired) electrons. The standard InChI is InChI=1S/C12H11NO2/c14-12(15)11-7-6-10(13-11)8-9-4-2-1-3-5-9/h1-7,13H,8H2,(H,14,15). The predicted octanol–water partition coefficient (Wildman–Crippen LogP) is 2.30. The molecule has 15 heavy (non-hydrogen) atoms. The van der Waals surface area contributed by atoms with Gasteiger partial charge in [-0.05, 0) is 17.7 Å². The highest BCUT2D eigenvalue weighted by molar-refractivity contribution is 5.85. The lowest BCUT2D eigenvalue weighted by molar-refractivity contribution is 0.0691. The van der Waals surface area contributed by atoms with Crippen LogP contribution < -0.4 is 0 Å². The lowest BCUT2D eigenvalue weighted by atomic mass is 10.1. The van der Waals surface area contributed by atoms with Gasteiger partial charge in [-0.3, -0.25) is 0 Å². The molecule has 0 aliphatic heterocycles. The Kier molecular flexibility index (Phi) is 2.54. The van der Waals surface area contributed by atoms with Crippen molar-refractivity contribution in [2.45, 2.75) is 6.42 Å². The van der Waals surface area contributed by atoms with Crippen LogP contribution in [0.1, 0.15) is 21.7 Å². The van der Waals surface area contributed by atoms with E-state index in [0.717, 1.165) is 17.7 Å². The van der Waals surface area contributed by atoms with Gasteiger partial charge in [-0.1, -0.05) is 30.3 Å². The quantitative estimate of drug-likeness (QED) is 0.800. The van der Waals surface area contributed by atoms with Crippen molar-refractivity contribution in [3.8, 4) is 0 Å². The van der Waals surface area contributed by atoms with E-state index < -0.39 is 5.97 Å². The molecule has 0 saturated heterocycles. The monoisotopic (exact) mass is 201 g/mol. The number of aromatic carboxylic acids is 1. The largest absolute Gasteiger partial charge is 0.477 e. The fourth-order valence-corrected chi connectivity index (χ4v) is 1.48. The van der Waals surface area contributed by atoms with Crippen LogP contribution in [0.5, 0.6) is 0 Å². The second-order valence-electron chi connectivity index (χ2n) is 3.36. The van der Waals surface area contributed by atoms with E-state index in [1.165, 1.54) is 0 Å². The number of rotatable bonds is 3. The zero-order chi connectivity index (χ0) is 10.7. The van der Waals surface area contributed by atoms with Crippen molar-refractivity contribution >= 4 is 5.97 Å². The Labute approximate surface area is 87.4 Å². The van der Waals surface area contributed by atoms with Gasteiger partial charge in [-0.25, -0.2) is 4.79 Å². The summed E-state index contributed by atoms with van der Waals surface area (Å²) in [5, 5.41) is 8.73. The van der Waals surface area contributed by atoms with Gasteiger partial charge in [0, 0.05) is 12.1 Å². The van der Waals surface area contributed by atoms with E-state index in [0.29, 0.717) is 0 Å². The first kappa shape index (κ1) is 9.52. The molecule has 0 unspecified atom stereocenters. The molecule has 0 aliphatic rings. The highest BCUT2D eigenvalue weighted by Gasteiger charge is 2.05. The van der Waals surface area contributed by atoms with E-state index >= 15 is 0 Å². The first-order valence-electron chi connectivity index (χ1n) is 4.71. The van der Waals surface area contributed by atoms with E-state index in [4.69, 9.17) is 5.11 Å². The van der Waals surface area contributed by atoms with Crippen molar-refractivity contribution in [3.63, 3.8) is 0 Å². The number of hydrogen-bond donors (Lipinski definition) is 2. The molecule has 0 atom stereocenters. The molecule has 2 N–H and O–H groups in total. The second kappa shape index (κ2) is 4.00. The minimum Gasteiger partial charge on any atom is -0.477 e. The molecule has 0 aliphatic carbocycles. The van der Waals surface area contributed by atoms with Crippen LogP contribution in [0.3, 0.4) is 0 Å². The number of carboxylic acid groups (broad SMARTS) is 1. The maximum Gasteiger partial charge on any atom is 0.352 e. The van der Waals surface area contributed by atoms with Crippen LogP contribution in [0.4, 0.5) is 0 Å². The van der Waals surface area contributed by atoms with E-state index in [-0.39, 0.29) is 5.69 Å². The van der Waals surface area contributed by atoms with Crippen molar-refractivity contribution in [1.82, 2.24) is 4.98 Å². The summed E-state index contributed by atoms with van der Waals surface area (Å²) in [5.41, 5.74) is 2.32. The topological polar surface area (TPSA) is 53.1 Å². The summed E-state index contributed by atoms with van der Waals surface area (Å²) in [6.07, 6.45) is 0.730. The van der Waals surface area contributed by atoms with Gasteiger partial charge >= 0.3 is 5.97 Å².